The van der Waals surface area contributed by atoms with E-state index in [0.29, 0.717) is 13.1 Å². The van der Waals surface area contributed by atoms with E-state index in [1.54, 1.807) is 4.90 Å². The molecule has 2 atom stereocenters. The van der Waals surface area contributed by atoms with Crippen molar-refractivity contribution in [3.05, 3.63) is 0 Å². The van der Waals surface area contributed by atoms with Crippen LogP contribution in [0.2, 0.25) is 0 Å². The number of nitrogens with zero attached hydrogens (tertiary/aromatic N) is 2. The van der Waals surface area contributed by atoms with Crippen molar-refractivity contribution in [1.29, 1.82) is 0 Å². The number of β-amino-alcohol motifs (C(OH)–C–C–N with tert-alkyl or cyclic N) is 1. The number of rotatable bonds is 4. The maximum absolute atomic E-state index is 12.1. The number of carboxylic acid groups (broad SMARTS) is 1. The largest absolute Gasteiger partial charge is 0.480 e. The van der Waals surface area contributed by atoms with Crippen LogP contribution in [-0.2, 0) is 4.79 Å². The summed E-state index contributed by atoms with van der Waals surface area (Å²) in [5.41, 5.74) is 0. The summed E-state index contributed by atoms with van der Waals surface area (Å²) in [7, 11) is 0. The average molecular weight is 244 g/mol. The third-order valence-corrected chi connectivity index (χ3v) is 2.96. The molecule has 0 radical (unpaired) electrons. The number of urea groups is 1. The molecule has 6 heteroatoms. The summed E-state index contributed by atoms with van der Waals surface area (Å²) in [6.07, 6.45) is 0.207. The molecule has 1 saturated heterocycles. The Labute approximate surface area is 101 Å². The van der Waals surface area contributed by atoms with E-state index < -0.39 is 18.1 Å². The van der Waals surface area contributed by atoms with Crippen molar-refractivity contribution in [2.75, 3.05) is 19.6 Å². The minimum absolute atomic E-state index is 0.107. The summed E-state index contributed by atoms with van der Waals surface area (Å²) in [6, 6.07) is -1.19. The van der Waals surface area contributed by atoms with Gasteiger partial charge in [-0.15, -0.1) is 0 Å². The number of amides is 2. The van der Waals surface area contributed by atoms with E-state index in [1.807, 2.05) is 13.8 Å². The van der Waals surface area contributed by atoms with Gasteiger partial charge in [0, 0.05) is 26.1 Å². The Balaban J connectivity index is 2.75. The fraction of sp³-hybridized carbons (Fsp3) is 0.818. The number of likely N-dealkylation sites (tertiary alicyclic amines) is 1. The quantitative estimate of drug-likeness (QED) is 0.748. The number of carboxylic acids is 1. The van der Waals surface area contributed by atoms with Crippen LogP contribution < -0.4 is 0 Å². The summed E-state index contributed by atoms with van der Waals surface area (Å²) in [5.74, 6) is -1.05. The Bertz CT molecular complexity index is 295. The molecule has 0 aliphatic carbocycles. The van der Waals surface area contributed by atoms with E-state index in [0.717, 1.165) is 6.42 Å². The maximum Gasteiger partial charge on any atom is 0.326 e. The molecule has 0 saturated carbocycles. The minimum atomic E-state index is -1.05. The molecule has 2 amide bonds. The first kappa shape index (κ1) is 13.8. The van der Waals surface area contributed by atoms with Crippen LogP contribution in [0, 0.1) is 0 Å². The van der Waals surface area contributed by atoms with E-state index in [2.05, 4.69) is 0 Å². The van der Waals surface area contributed by atoms with Crippen molar-refractivity contribution in [3.8, 4) is 0 Å². The predicted molar refractivity (Wildman–Crippen MR) is 61.7 cm³/mol. The first-order valence-corrected chi connectivity index (χ1v) is 5.97. The van der Waals surface area contributed by atoms with Gasteiger partial charge in [0.05, 0.1) is 6.10 Å². The fourth-order valence-electron chi connectivity index (χ4n) is 2.10. The van der Waals surface area contributed by atoms with E-state index in [-0.39, 0.29) is 19.0 Å². The van der Waals surface area contributed by atoms with Gasteiger partial charge in [-0.1, -0.05) is 6.92 Å². The lowest BCUT2D eigenvalue weighted by atomic mass is 10.2. The van der Waals surface area contributed by atoms with Gasteiger partial charge in [0.25, 0.3) is 0 Å². The Morgan fingerprint density at radius 3 is 2.53 bits per heavy atom. The third-order valence-electron chi connectivity index (χ3n) is 2.96. The Hall–Kier alpha value is -1.30. The van der Waals surface area contributed by atoms with Gasteiger partial charge in [-0.05, 0) is 13.3 Å². The van der Waals surface area contributed by atoms with Crippen molar-refractivity contribution < 1.29 is 19.8 Å². The van der Waals surface area contributed by atoms with Crippen molar-refractivity contribution in [2.24, 2.45) is 0 Å². The van der Waals surface area contributed by atoms with Gasteiger partial charge in [-0.3, -0.25) is 0 Å². The molecule has 0 bridgehead atoms. The molecule has 0 spiro atoms. The molecule has 6 nitrogen and oxygen atoms in total. The zero-order valence-electron chi connectivity index (χ0n) is 10.3. The molecule has 1 aliphatic heterocycles. The fourth-order valence-corrected chi connectivity index (χ4v) is 2.10. The number of carbonyl (C=O) groups is 2. The normalized spacial score (nSPS) is 23.8. The van der Waals surface area contributed by atoms with Gasteiger partial charge in [0.2, 0.25) is 0 Å². The minimum Gasteiger partial charge on any atom is -0.480 e. The highest BCUT2D eigenvalue weighted by Gasteiger charge is 2.40. The molecule has 1 rings (SSSR count). The van der Waals surface area contributed by atoms with E-state index >= 15 is 0 Å². The lowest BCUT2D eigenvalue weighted by molar-refractivity contribution is -0.141. The second kappa shape index (κ2) is 5.86. The molecule has 0 aromatic rings. The first-order chi connectivity index (χ1) is 8.01. The summed E-state index contributed by atoms with van der Waals surface area (Å²) < 4.78 is 0. The summed E-state index contributed by atoms with van der Waals surface area (Å²) in [5, 5.41) is 18.5. The van der Waals surface area contributed by atoms with Crippen LogP contribution >= 0.6 is 0 Å². The highest BCUT2D eigenvalue weighted by atomic mass is 16.4. The molecule has 0 aromatic carbocycles. The number of hydrogen-bond acceptors (Lipinski definition) is 3. The topological polar surface area (TPSA) is 81.1 Å². The molecule has 0 unspecified atom stereocenters. The van der Waals surface area contributed by atoms with Gasteiger partial charge in [0.15, 0.2) is 0 Å². The second-order valence-corrected chi connectivity index (χ2v) is 4.26. The molecular formula is C11H20N2O4. The van der Waals surface area contributed by atoms with E-state index in [9.17, 15) is 14.7 Å². The van der Waals surface area contributed by atoms with Crippen LogP contribution in [0.15, 0.2) is 0 Å². The maximum atomic E-state index is 12.1. The van der Waals surface area contributed by atoms with Crippen molar-refractivity contribution >= 4 is 12.0 Å². The monoisotopic (exact) mass is 244 g/mol. The van der Waals surface area contributed by atoms with Crippen LogP contribution in [0.4, 0.5) is 4.79 Å². The van der Waals surface area contributed by atoms with Crippen LogP contribution in [-0.4, -0.2) is 63.8 Å². The van der Waals surface area contributed by atoms with Gasteiger partial charge < -0.3 is 20.0 Å². The molecule has 0 aromatic heterocycles. The van der Waals surface area contributed by atoms with Crippen molar-refractivity contribution in [2.45, 2.75) is 38.8 Å². The number of aliphatic hydroxyl groups is 1. The SMILES string of the molecule is CCCN(CC)C(=O)N1C[C@@H](O)C[C@H]1C(=O)O. The number of carbonyl (C=O) groups excluding carboxylic acids is 1. The summed E-state index contributed by atoms with van der Waals surface area (Å²) in [6.45, 7) is 5.08. The molecule has 1 heterocycles. The summed E-state index contributed by atoms with van der Waals surface area (Å²) in [4.78, 5) is 26.0. The molecule has 98 valence electrons. The molecule has 1 aliphatic rings. The van der Waals surface area contributed by atoms with Crippen LogP contribution in [0.1, 0.15) is 26.7 Å². The number of aliphatic hydroxyl groups excluding tert-OH is 1. The predicted octanol–water partition coefficient (Wildman–Crippen LogP) is 0.358. The number of hydrogen-bond donors (Lipinski definition) is 2. The lowest BCUT2D eigenvalue weighted by Crippen LogP contribution is -2.48. The zero-order chi connectivity index (χ0) is 13.0. The summed E-state index contributed by atoms with van der Waals surface area (Å²) >= 11 is 0. The number of aliphatic carboxylic acids is 1. The van der Waals surface area contributed by atoms with Gasteiger partial charge >= 0.3 is 12.0 Å². The second-order valence-electron chi connectivity index (χ2n) is 4.26. The van der Waals surface area contributed by atoms with Crippen molar-refractivity contribution in [1.82, 2.24) is 9.80 Å². The third kappa shape index (κ3) is 3.09. The zero-order valence-corrected chi connectivity index (χ0v) is 10.3. The average Bonchev–Trinajstić information content (AvgIpc) is 2.67. The Morgan fingerprint density at radius 2 is 2.06 bits per heavy atom. The van der Waals surface area contributed by atoms with Crippen LogP contribution in [0.25, 0.3) is 0 Å². The van der Waals surface area contributed by atoms with Crippen LogP contribution in [0.3, 0.4) is 0 Å². The van der Waals surface area contributed by atoms with E-state index in [4.69, 9.17) is 5.11 Å². The van der Waals surface area contributed by atoms with Crippen molar-refractivity contribution in [3.63, 3.8) is 0 Å². The lowest BCUT2D eigenvalue weighted by Gasteiger charge is -2.29. The van der Waals surface area contributed by atoms with E-state index in [1.165, 1.54) is 4.90 Å². The molecule has 1 fully saturated rings. The smallest absolute Gasteiger partial charge is 0.326 e. The molecule has 17 heavy (non-hydrogen) atoms. The highest BCUT2D eigenvalue weighted by molar-refractivity contribution is 5.83. The Morgan fingerprint density at radius 1 is 1.41 bits per heavy atom. The van der Waals surface area contributed by atoms with Gasteiger partial charge in [0.1, 0.15) is 6.04 Å². The Kier molecular flexibility index (Phi) is 4.74. The molecular weight excluding hydrogens is 224 g/mol. The van der Waals surface area contributed by atoms with Gasteiger partial charge in [-0.2, -0.15) is 0 Å². The highest BCUT2D eigenvalue weighted by Crippen LogP contribution is 2.20. The first-order valence-electron chi connectivity index (χ1n) is 5.97. The van der Waals surface area contributed by atoms with Gasteiger partial charge in [-0.25, -0.2) is 9.59 Å². The molecule has 2 N–H and O–H groups in total. The van der Waals surface area contributed by atoms with Crippen LogP contribution in [0.5, 0.6) is 0 Å². The standard InChI is InChI=1S/C11H20N2O4/c1-3-5-12(4-2)11(17)13-7-8(14)6-9(13)10(15)16/h8-9,14H,3-7H2,1-2H3,(H,15,16)/t8-,9-/m0/s1.